The Kier molecular flexibility index (Phi) is 7.31. The number of β-amino-alcohol motifs (C(OH)–C–C–N with tert-alkyl or cyclic N) is 1. The van der Waals surface area contributed by atoms with Gasteiger partial charge in [-0.1, -0.05) is 20.8 Å². The summed E-state index contributed by atoms with van der Waals surface area (Å²) < 4.78 is 0. The first-order chi connectivity index (χ1) is 11.0. The van der Waals surface area contributed by atoms with E-state index >= 15 is 0 Å². The predicted molar refractivity (Wildman–Crippen MR) is 93.3 cm³/mol. The Morgan fingerprint density at radius 3 is 2.09 bits per heavy atom. The van der Waals surface area contributed by atoms with E-state index in [9.17, 15) is 9.90 Å². The van der Waals surface area contributed by atoms with Gasteiger partial charge in [-0.25, -0.2) is 0 Å². The first kappa shape index (κ1) is 18.7. The highest BCUT2D eigenvalue weighted by Crippen LogP contribution is 2.21. The number of carbonyl (C=O) groups is 1. The van der Waals surface area contributed by atoms with E-state index in [-0.39, 0.29) is 12.0 Å². The number of piperidine rings is 1. The third-order valence-corrected chi connectivity index (χ3v) is 5.18. The Morgan fingerprint density at radius 2 is 1.57 bits per heavy atom. The zero-order chi connectivity index (χ0) is 16.8. The minimum Gasteiger partial charge on any atom is -0.392 e. The van der Waals surface area contributed by atoms with Crippen molar-refractivity contribution in [3.8, 4) is 0 Å². The highest BCUT2D eigenvalue weighted by Gasteiger charge is 2.30. The van der Waals surface area contributed by atoms with Crippen molar-refractivity contribution in [2.75, 3.05) is 52.4 Å². The Balaban J connectivity index is 1.71. The lowest BCUT2D eigenvalue weighted by Gasteiger charge is -2.39. The molecule has 0 bridgehead atoms. The van der Waals surface area contributed by atoms with Gasteiger partial charge < -0.3 is 14.9 Å². The number of carbonyl (C=O) groups excluding carboxylic acids is 1. The van der Waals surface area contributed by atoms with Gasteiger partial charge in [0, 0.05) is 45.2 Å². The monoisotopic (exact) mass is 325 g/mol. The maximum Gasteiger partial charge on any atom is 0.225 e. The highest BCUT2D eigenvalue weighted by molar-refractivity contribution is 5.79. The molecule has 2 heterocycles. The van der Waals surface area contributed by atoms with Crippen LogP contribution < -0.4 is 0 Å². The van der Waals surface area contributed by atoms with Gasteiger partial charge in [-0.3, -0.25) is 9.69 Å². The maximum absolute atomic E-state index is 12.7. The fraction of sp³-hybridized carbons (Fsp3) is 0.944. The van der Waals surface area contributed by atoms with Crippen LogP contribution in [-0.4, -0.2) is 84.2 Å². The van der Waals surface area contributed by atoms with E-state index in [4.69, 9.17) is 0 Å². The molecule has 2 fully saturated rings. The number of piperazine rings is 1. The average Bonchev–Trinajstić information content (AvgIpc) is 2.55. The molecule has 1 N–H and O–H groups in total. The largest absolute Gasteiger partial charge is 0.392 e. The van der Waals surface area contributed by atoms with Gasteiger partial charge in [0.25, 0.3) is 0 Å². The fourth-order valence-corrected chi connectivity index (χ4v) is 3.72. The summed E-state index contributed by atoms with van der Waals surface area (Å²) in [6, 6.07) is 0. The molecule has 0 unspecified atom stereocenters. The molecule has 0 aromatic carbocycles. The molecule has 134 valence electrons. The number of aliphatic hydroxyl groups excluding tert-OH is 1. The molecule has 2 aliphatic rings. The number of likely N-dealkylation sites (tertiary alicyclic amines) is 1. The quantitative estimate of drug-likeness (QED) is 0.799. The van der Waals surface area contributed by atoms with E-state index in [0.717, 1.165) is 71.6 Å². The molecule has 1 amide bonds. The molecule has 2 saturated heterocycles. The minimum absolute atomic E-state index is 0.228. The molecule has 5 nitrogen and oxygen atoms in total. The average molecular weight is 325 g/mol. The molecular formula is C18H35N3O2. The molecule has 0 aromatic rings. The lowest BCUT2D eigenvalue weighted by Crippen LogP contribution is -2.52. The molecule has 5 heteroatoms. The van der Waals surface area contributed by atoms with Gasteiger partial charge in [-0.2, -0.15) is 0 Å². The molecular weight excluding hydrogens is 290 g/mol. The number of nitrogens with zero attached hydrogens (tertiary/aromatic N) is 3. The summed E-state index contributed by atoms with van der Waals surface area (Å²) in [5, 5.41) is 9.75. The van der Waals surface area contributed by atoms with Crippen LogP contribution in [0.4, 0.5) is 0 Å². The smallest absolute Gasteiger partial charge is 0.225 e. The van der Waals surface area contributed by atoms with Crippen LogP contribution in [0.15, 0.2) is 0 Å². The number of hydrogen-bond acceptors (Lipinski definition) is 4. The van der Waals surface area contributed by atoms with Gasteiger partial charge in [0.15, 0.2) is 0 Å². The zero-order valence-corrected chi connectivity index (χ0v) is 15.2. The van der Waals surface area contributed by atoms with E-state index in [2.05, 4.69) is 28.5 Å². The van der Waals surface area contributed by atoms with Crippen molar-refractivity contribution in [1.82, 2.24) is 14.7 Å². The van der Waals surface area contributed by atoms with Gasteiger partial charge in [0.1, 0.15) is 0 Å². The first-order valence-corrected chi connectivity index (χ1v) is 9.41. The van der Waals surface area contributed by atoms with Gasteiger partial charge >= 0.3 is 0 Å². The molecule has 0 radical (unpaired) electrons. The number of hydrogen-bond donors (Lipinski definition) is 1. The zero-order valence-electron chi connectivity index (χ0n) is 15.2. The number of aliphatic hydroxyl groups is 1. The standard InChI is InChI=1S/C18H35N3O2/c1-4-17(22)14-20-9-11-21(12-10-20)18(23)16-5-7-19(8-6-16)13-15(2)3/h15-17,22H,4-14H2,1-3H3/t17-/m1/s1. The summed E-state index contributed by atoms with van der Waals surface area (Å²) >= 11 is 0. The van der Waals surface area contributed by atoms with Crippen LogP contribution in [-0.2, 0) is 4.79 Å². The molecule has 0 aromatic heterocycles. The van der Waals surface area contributed by atoms with Crippen LogP contribution >= 0.6 is 0 Å². The van der Waals surface area contributed by atoms with Crippen molar-refractivity contribution in [1.29, 1.82) is 0 Å². The molecule has 2 rings (SSSR count). The van der Waals surface area contributed by atoms with Crippen molar-refractivity contribution in [3.63, 3.8) is 0 Å². The maximum atomic E-state index is 12.7. The number of rotatable bonds is 6. The summed E-state index contributed by atoms with van der Waals surface area (Å²) in [5.74, 6) is 1.30. The second-order valence-electron chi connectivity index (χ2n) is 7.66. The Morgan fingerprint density at radius 1 is 1.00 bits per heavy atom. The van der Waals surface area contributed by atoms with Crippen molar-refractivity contribution >= 4 is 5.91 Å². The summed E-state index contributed by atoms with van der Waals surface area (Å²) in [6.45, 7) is 14.0. The van der Waals surface area contributed by atoms with Gasteiger partial charge in [-0.15, -0.1) is 0 Å². The van der Waals surface area contributed by atoms with Gasteiger partial charge in [0.2, 0.25) is 5.91 Å². The molecule has 2 aliphatic heterocycles. The molecule has 23 heavy (non-hydrogen) atoms. The summed E-state index contributed by atoms with van der Waals surface area (Å²) in [7, 11) is 0. The molecule has 0 aliphatic carbocycles. The highest BCUT2D eigenvalue weighted by atomic mass is 16.3. The third-order valence-electron chi connectivity index (χ3n) is 5.18. The van der Waals surface area contributed by atoms with E-state index < -0.39 is 0 Å². The van der Waals surface area contributed by atoms with Crippen LogP contribution in [0.2, 0.25) is 0 Å². The van der Waals surface area contributed by atoms with Crippen LogP contribution in [0, 0.1) is 11.8 Å². The van der Waals surface area contributed by atoms with Crippen LogP contribution in [0.1, 0.15) is 40.0 Å². The number of amides is 1. The van der Waals surface area contributed by atoms with Crippen molar-refractivity contribution < 1.29 is 9.90 Å². The van der Waals surface area contributed by atoms with E-state index in [1.165, 1.54) is 0 Å². The van der Waals surface area contributed by atoms with Crippen molar-refractivity contribution in [2.24, 2.45) is 11.8 Å². The summed E-state index contributed by atoms with van der Waals surface area (Å²) in [5.41, 5.74) is 0. The van der Waals surface area contributed by atoms with E-state index in [1.807, 2.05) is 6.92 Å². The predicted octanol–water partition coefficient (Wildman–Crippen LogP) is 1.27. The van der Waals surface area contributed by atoms with Crippen molar-refractivity contribution in [3.05, 3.63) is 0 Å². The van der Waals surface area contributed by atoms with Crippen molar-refractivity contribution in [2.45, 2.75) is 46.1 Å². The minimum atomic E-state index is -0.234. The first-order valence-electron chi connectivity index (χ1n) is 9.41. The fourth-order valence-electron chi connectivity index (χ4n) is 3.72. The lowest BCUT2D eigenvalue weighted by molar-refractivity contribution is -0.139. The lowest BCUT2D eigenvalue weighted by atomic mass is 9.94. The Hall–Kier alpha value is -0.650. The van der Waals surface area contributed by atoms with Crippen LogP contribution in [0.3, 0.4) is 0 Å². The van der Waals surface area contributed by atoms with E-state index in [1.54, 1.807) is 0 Å². The van der Waals surface area contributed by atoms with Gasteiger partial charge in [-0.05, 0) is 38.3 Å². The SMILES string of the molecule is CC[C@@H](O)CN1CCN(C(=O)C2CCN(CC(C)C)CC2)CC1. The van der Waals surface area contributed by atoms with Crippen LogP contribution in [0.5, 0.6) is 0 Å². The summed E-state index contributed by atoms with van der Waals surface area (Å²) in [4.78, 5) is 19.5. The molecule has 0 saturated carbocycles. The molecule has 0 spiro atoms. The van der Waals surface area contributed by atoms with Gasteiger partial charge in [0.05, 0.1) is 6.10 Å². The Bertz CT molecular complexity index is 359. The Labute approximate surface area is 141 Å². The van der Waals surface area contributed by atoms with E-state index in [0.29, 0.717) is 11.8 Å². The second-order valence-corrected chi connectivity index (χ2v) is 7.66. The summed E-state index contributed by atoms with van der Waals surface area (Å²) in [6.07, 6.45) is 2.59. The normalized spacial score (nSPS) is 23.4. The topological polar surface area (TPSA) is 47.0 Å². The van der Waals surface area contributed by atoms with Crippen LogP contribution in [0.25, 0.3) is 0 Å². The second kappa shape index (κ2) is 9.00. The third kappa shape index (κ3) is 5.73. The molecule has 1 atom stereocenters.